The standard InChI is InChI=1S/C15H22N4O2/c16-7-6-14(21)19-12-4-2-11(3-5-12)10-13(20)15-17-8-1-9-18-15/h1,8-9,11-12H,2-7,10,16H2,(H,19,21). The summed E-state index contributed by atoms with van der Waals surface area (Å²) < 4.78 is 0. The Labute approximate surface area is 124 Å². The zero-order valence-corrected chi connectivity index (χ0v) is 12.1. The maximum Gasteiger partial charge on any atom is 0.221 e. The van der Waals surface area contributed by atoms with Crippen LogP contribution in [0, 0.1) is 5.92 Å². The molecule has 6 nitrogen and oxygen atoms in total. The Balaban J connectivity index is 1.74. The Bertz CT molecular complexity index is 470. The van der Waals surface area contributed by atoms with Gasteiger partial charge in [-0.2, -0.15) is 0 Å². The van der Waals surface area contributed by atoms with Crippen LogP contribution in [0.4, 0.5) is 0 Å². The van der Waals surface area contributed by atoms with Crippen molar-refractivity contribution >= 4 is 11.7 Å². The second kappa shape index (κ2) is 7.83. The lowest BCUT2D eigenvalue weighted by Gasteiger charge is -2.28. The molecule has 0 radical (unpaired) electrons. The summed E-state index contributed by atoms with van der Waals surface area (Å²) in [5.74, 6) is 0.695. The van der Waals surface area contributed by atoms with Crippen LogP contribution in [0.15, 0.2) is 18.5 Å². The van der Waals surface area contributed by atoms with Gasteiger partial charge in [-0.1, -0.05) is 0 Å². The predicted octanol–water partition coefficient (Wildman–Crippen LogP) is 1.07. The number of nitrogens with two attached hydrogens (primary N) is 1. The largest absolute Gasteiger partial charge is 0.353 e. The van der Waals surface area contributed by atoms with Crippen molar-refractivity contribution < 1.29 is 9.59 Å². The van der Waals surface area contributed by atoms with E-state index in [1.54, 1.807) is 18.5 Å². The maximum atomic E-state index is 12.0. The quantitative estimate of drug-likeness (QED) is 0.764. The molecule has 1 aliphatic carbocycles. The zero-order valence-electron chi connectivity index (χ0n) is 12.1. The molecular formula is C15H22N4O2. The van der Waals surface area contributed by atoms with Gasteiger partial charge >= 0.3 is 0 Å². The number of carbonyl (C=O) groups is 2. The van der Waals surface area contributed by atoms with Crippen molar-refractivity contribution in [2.75, 3.05) is 6.54 Å². The summed E-state index contributed by atoms with van der Waals surface area (Å²) >= 11 is 0. The second-order valence-electron chi connectivity index (χ2n) is 5.52. The zero-order chi connectivity index (χ0) is 15.1. The van der Waals surface area contributed by atoms with Crippen molar-refractivity contribution in [1.82, 2.24) is 15.3 Å². The van der Waals surface area contributed by atoms with E-state index >= 15 is 0 Å². The molecule has 0 aromatic carbocycles. The highest BCUT2D eigenvalue weighted by Crippen LogP contribution is 2.27. The second-order valence-corrected chi connectivity index (χ2v) is 5.52. The predicted molar refractivity (Wildman–Crippen MR) is 78.5 cm³/mol. The van der Waals surface area contributed by atoms with Crippen LogP contribution in [-0.4, -0.2) is 34.2 Å². The van der Waals surface area contributed by atoms with Crippen molar-refractivity contribution in [2.45, 2.75) is 44.6 Å². The van der Waals surface area contributed by atoms with E-state index in [1.807, 2.05) is 0 Å². The number of nitrogens with one attached hydrogen (secondary N) is 1. The van der Waals surface area contributed by atoms with Crippen LogP contribution < -0.4 is 11.1 Å². The molecule has 1 aliphatic rings. The summed E-state index contributed by atoms with van der Waals surface area (Å²) in [5, 5.41) is 3.00. The van der Waals surface area contributed by atoms with E-state index < -0.39 is 0 Å². The lowest BCUT2D eigenvalue weighted by atomic mass is 9.83. The highest BCUT2D eigenvalue weighted by molar-refractivity contribution is 5.92. The van der Waals surface area contributed by atoms with E-state index in [2.05, 4.69) is 15.3 Å². The van der Waals surface area contributed by atoms with Crippen LogP contribution in [0.2, 0.25) is 0 Å². The fourth-order valence-electron chi connectivity index (χ4n) is 2.74. The third-order valence-corrected chi connectivity index (χ3v) is 3.87. The van der Waals surface area contributed by atoms with Gasteiger partial charge in [0.1, 0.15) is 0 Å². The van der Waals surface area contributed by atoms with Gasteiger partial charge in [0.2, 0.25) is 5.91 Å². The number of rotatable bonds is 6. The topological polar surface area (TPSA) is 98.0 Å². The summed E-state index contributed by atoms with van der Waals surface area (Å²) in [7, 11) is 0. The van der Waals surface area contributed by atoms with Gasteiger partial charge in [-0.25, -0.2) is 9.97 Å². The molecule has 21 heavy (non-hydrogen) atoms. The van der Waals surface area contributed by atoms with Crippen LogP contribution in [0.5, 0.6) is 0 Å². The van der Waals surface area contributed by atoms with Gasteiger partial charge in [-0.3, -0.25) is 9.59 Å². The van der Waals surface area contributed by atoms with Crippen molar-refractivity contribution in [3.8, 4) is 0 Å². The molecule has 0 spiro atoms. The van der Waals surface area contributed by atoms with Gasteiger partial charge < -0.3 is 11.1 Å². The van der Waals surface area contributed by atoms with Gasteiger partial charge in [0.05, 0.1) is 0 Å². The minimum Gasteiger partial charge on any atom is -0.353 e. The van der Waals surface area contributed by atoms with E-state index in [0.717, 1.165) is 25.7 Å². The van der Waals surface area contributed by atoms with Gasteiger partial charge in [0, 0.05) is 37.8 Å². The number of hydrogen-bond donors (Lipinski definition) is 2. The molecule has 0 atom stereocenters. The van der Waals surface area contributed by atoms with Crippen molar-refractivity contribution in [3.05, 3.63) is 24.3 Å². The van der Waals surface area contributed by atoms with Crippen molar-refractivity contribution in [3.63, 3.8) is 0 Å². The average molecular weight is 290 g/mol. The minimum absolute atomic E-state index is 0.00576. The van der Waals surface area contributed by atoms with E-state index in [4.69, 9.17) is 5.73 Å². The molecule has 1 saturated carbocycles. The van der Waals surface area contributed by atoms with Crippen molar-refractivity contribution in [1.29, 1.82) is 0 Å². The fraction of sp³-hybridized carbons (Fsp3) is 0.600. The monoisotopic (exact) mass is 290 g/mol. The molecule has 6 heteroatoms. The Morgan fingerprint density at radius 3 is 2.48 bits per heavy atom. The summed E-state index contributed by atoms with van der Waals surface area (Å²) in [6, 6.07) is 1.93. The number of nitrogens with zero attached hydrogens (tertiary/aromatic N) is 2. The molecule has 114 valence electrons. The number of carbonyl (C=O) groups excluding carboxylic acids is 2. The van der Waals surface area contributed by atoms with E-state index in [0.29, 0.717) is 31.1 Å². The fourth-order valence-corrected chi connectivity index (χ4v) is 2.74. The van der Waals surface area contributed by atoms with Crippen LogP contribution in [0.3, 0.4) is 0 Å². The molecule has 2 rings (SSSR count). The molecule has 0 aliphatic heterocycles. The number of hydrogen-bond acceptors (Lipinski definition) is 5. The van der Waals surface area contributed by atoms with Crippen LogP contribution in [-0.2, 0) is 4.79 Å². The molecule has 0 saturated heterocycles. The molecule has 0 bridgehead atoms. The van der Waals surface area contributed by atoms with Crippen LogP contribution in [0.1, 0.15) is 49.1 Å². The van der Waals surface area contributed by atoms with Crippen molar-refractivity contribution in [2.24, 2.45) is 11.7 Å². The summed E-state index contributed by atoms with van der Waals surface area (Å²) in [6.45, 7) is 0.382. The molecule has 1 fully saturated rings. The van der Waals surface area contributed by atoms with Gasteiger partial charge in [0.15, 0.2) is 11.6 Å². The summed E-state index contributed by atoms with van der Waals surface area (Å²) in [6.07, 6.45) is 7.79. The first-order valence-electron chi connectivity index (χ1n) is 7.48. The summed E-state index contributed by atoms with van der Waals surface area (Å²) in [4.78, 5) is 31.5. The van der Waals surface area contributed by atoms with Crippen LogP contribution >= 0.6 is 0 Å². The van der Waals surface area contributed by atoms with E-state index in [-0.39, 0.29) is 17.7 Å². The highest BCUT2D eigenvalue weighted by atomic mass is 16.1. The lowest BCUT2D eigenvalue weighted by molar-refractivity contribution is -0.121. The summed E-state index contributed by atoms with van der Waals surface area (Å²) in [5.41, 5.74) is 5.36. The molecule has 1 aromatic rings. The number of ketones is 1. The molecule has 1 amide bonds. The third-order valence-electron chi connectivity index (χ3n) is 3.87. The van der Waals surface area contributed by atoms with Gasteiger partial charge in [0.25, 0.3) is 0 Å². The Kier molecular flexibility index (Phi) is 5.80. The lowest BCUT2D eigenvalue weighted by Crippen LogP contribution is -2.38. The first kappa shape index (κ1) is 15.6. The first-order valence-corrected chi connectivity index (χ1v) is 7.48. The maximum absolute atomic E-state index is 12.0. The Morgan fingerprint density at radius 1 is 1.19 bits per heavy atom. The first-order chi connectivity index (χ1) is 10.2. The van der Waals surface area contributed by atoms with Gasteiger partial charge in [-0.15, -0.1) is 0 Å². The average Bonchev–Trinajstić information content (AvgIpc) is 2.50. The number of Topliss-reactive ketones (excluding diaryl/α,β-unsaturated/α-hetero) is 1. The third kappa shape index (κ3) is 4.90. The highest BCUT2D eigenvalue weighted by Gasteiger charge is 2.24. The molecule has 1 aromatic heterocycles. The normalized spacial score (nSPS) is 21.8. The van der Waals surface area contributed by atoms with Crippen LogP contribution in [0.25, 0.3) is 0 Å². The number of amides is 1. The SMILES string of the molecule is NCCC(=O)NC1CCC(CC(=O)c2ncccn2)CC1. The van der Waals surface area contributed by atoms with E-state index in [9.17, 15) is 9.59 Å². The Morgan fingerprint density at radius 2 is 1.86 bits per heavy atom. The minimum atomic E-state index is 0.00576. The molecular weight excluding hydrogens is 268 g/mol. The molecule has 0 unspecified atom stereocenters. The van der Waals surface area contributed by atoms with Gasteiger partial charge in [-0.05, 0) is 37.7 Å². The smallest absolute Gasteiger partial charge is 0.221 e. The Hall–Kier alpha value is -1.82. The number of aromatic nitrogens is 2. The molecule has 3 N–H and O–H groups in total. The van der Waals surface area contributed by atoms with E-state index in [1.165, 1.54) is 0 Å². The molecule has 1 heterocycles.